The fourth-order valence-corrected chi connectivity index (χ4v) is 2.17. The molecule has 72 valence electrons. The first-order chi connectivity index (χ1) is 6.70. The third-order valence-corrected chi connectivity index (χ3v) is 2.99. The van der Waals surface area contributed by atoms with Gasteiger partial charge in [-0.15, -0.1) is 0 Å². The summed E-state index contributed by atoms with van der Waals surface area (Å²) in [5.74, 6) is 0.219. The molecule has 14 heavy (non-hydrogen) atoms. The van der Waals surface area contributed by atoms with E-state index in [9.17, 15) is 4.79 Å². The Morgan fingerprint density at radius 1 is 1.43 bits per heavy atom. The lowest BCUT2D eigenvalue weighted by molar-refractivity contribution is -0.114. The van der Waals surface area contributed by atoms with E-state index in [0.29, 0.717) is 6.42 Å². The fraction of sp³-hybridized carbons (Fsp3) is 0.250. The van der Waals surface area contributed by atoms with Crippen LogP contribution >= 0.6 is 15.9 Å². The van der Waals surface area contributed by atoms with Crippen molar-refractivity contribution in [3.8, 4) is 0 Å². The Bertz CT molecular complexity index is 418. The van der Waals surface area contributed by atoms with Gasteiger partial charge >= 0.3 is 0 Å². The van der Waals surface area contributed by atoms with E-state index >= 15 is 0 Å². The van der Waals surface area contributed by atoms with Crippen LogP contribution in [0.15, 0.2) is 28.7 Å². The van der Waals surface area contributed by atoms with Crippen LogP contribution in [0.1, 0.15) is 24.5 Å². The first kappa shape index (κ1) is 9.66. The number of benzene rings is 1. The fourth-order valence-electron chi connectivity index (χ4n) is 1.81. The van der Waals surface area contributed by atoms with Crippen molar-refractivity contribution in [3.63, 3.8) is 0 Å². The molecule has 1 aromatic carbocycles. The maximum absolute atomic E-state index is 11.4. The zero-order valence-electron chi connectivity index (χ0n) is 8.01. The van der Waals surface area contributed by atoms with Gasteiger partial charge in [-0.2, -0.15) is 0 Å². The summed E-state index contributed by atoms with van der Waals surface area (Å²) < 4.78 is 1.07. The minimum absolute atomic E-state index is 0.219. The minimum atomic E-state index is 0.219. The van der Waals surface area contributed by atoms with Gasteiger partial charge in [0.25, 0.3) is 0 Å². The second-order valence-corrected chi connectivity index (χ2v) is 4.38. The van der Waals surface area contributed by atoms with Gasteiger partial charge in [0.1, 0.15) is 0 Å². The van der Waals surface area contributed by atoms with Crippen LogP contribution in [0.4, 0.5) is 0 Å². The number of halogens is 1. The summed E-state index contributed by atoms with van der Waals surface area (Å²) in [5.41, 5.74) is 3.52. The Hall–Kier alpha value is -0.890. The molecule has 2 rings (SSSR count). The van der Waals surface area contributed by atoms with Crippen LogP contribution in [0.3, 0.4) is 0 Å². The SMILES string of the molecule is CCC1=CC(=O)Cc2ccc(Br)cc21. The van der Waals surface area contributed by atoms with Gasteiger partial charge in [-0.3, -0.25) is 4.79 Å². The summed E-state index contributed by atoms with van der Waals surface area (Å²) in [5, 5.41) is 0. The minimum Gasteiger partial charge on any atom is -0.294 e. The molecular weight excluding hydrogens is 240 g/mol. The normalized spacial score (nSPS) is 15.0. The molecule has 0 fully saturated rings. The van der Waals surface area contributed by atoms with Gasteiger partial charge < -0.3 is 0 Å². The Morgan fingerprint density at radius 2 is 2.21 bits per heavy atom. The molecule has 1 aliphatic carbocycles. The second-order valence-electron chi connectivity index (χ2n) is 3.47. The molecule has 0 aromatic heterocycles. The average molecular weight is 251 g/mol. The smallest absolute Gasteiger partial charge is 0.160 e. The van der Waals surface area contributed by atoms with Gasteiger partial charge in [-0.05, 0) is 41.3 Å². The number of hydrogen-bond acceptors (Lipinski definition) is 1. The van der Waals surface area contributed by atoms with E-state index in [1.54, 1.807) is 6.08 Å². The van der Waals surface area contributed by atoms with Gasteiger partial charge in [-0.25, -0.2) is 0 Å². The van der Waals surface area contributed by atoms with E-state index in [0.717, 1.165) is 22.0 Å². The summed E-state index contributed by atoms with van der Waals surface area (Å²) >= 11 is 3.45. The Labute approximate surface area is 92.0 Å². The molecule has 0 atom stereocenters. The monoisotopic (exact) mass is 250 g/mol. The molecule has 0 spiro atoms. The Balaban J connectivity index is 2.57. The average Bonchev–Trinajstić information content (AvgIpc) is 2.17. The van der Waals surface area contributed by atoms with Crippen molar-refractivity contribution in [2.24, 2.45) is 0 Å². The quantitative estimate of drug-likeness (QED) is 0.747. The number of allylic oxidation sites excluding steroid dienone is 2. The summed E-state index contributed by atoms with van der Waals surface area (Å²) in [6, 6.07) is 6.11. The summed E-state index contributed by atoms with van der Waals surface area (Å²) in [4.78, 5) is 11.4. The standard InChI is InChI=1S/C12H11BrO/c1-2-8-5-11(14)6-9-3-4-10(13)7-12(8)9/h3-5,7H,2,6H2,1H3. The van der Waals surface area contributed by atoms with Crippen molar-refractivity contribution in [2.45, 2.75) is 19.8 Å². The first-order valence-corrected chi connectivity index (χ1v) is 5.52. The van der Waals surface area contributed by atoms with Crippen molar-refractivity contribution < 1.29 is 4.79 Å². The lowest BCUT2D eigenvalue weighted by Gasteiger charge is -2.16. The van der Waals surface area contributed by atoms with Crippen LogP contribution in [0.25, 0.3) is 5.57 Å². The second kappa shape index (κ2) is 3.70. The highest BCUT2D eigenvalue weighted by Crippen LogP contribution is 2.29. The van der Waals surface area contributed by atoms with Crippen LogP contribution in [-0.2, 0) is 11.2 Å². The van der Waals surface area contributed by atoms with Gasteiger partial charge in [0.2, 0.25) is 0 Å². The van der Waals surface area contributed by atoms with E-state index < -0.39 is 0 Å². The van der Waals surface area contributed by atoms with E-state index in [1.165, 1.54) is 5.56 Å². The molecule has 0 saturated heterocycles. The highest BCUT2D eigenvalue weighted by Gasteiger charge is 2.15. The molecule has 1 aromatic rings. The van der Waals surface area contributed by atoms with Crippen LogP contribution in [-0.4, -0.2) is 5.78 Å². The zero-order valence-corrected chi connectivity index (χ0v) is 9.60. The number of fused-ring (bicyclic) bond motifs is 1. The third kappa shape index (κ3) is 1.67. The number of carbonyl (C=O) groups excluding carboxylic acids is 1. The third-order valence-electron chi connectivity index (χ3n) is 2.50. The number of rotatable bonds is 1. The molecule has 2 heteroatoms. The molecule has 0 N–H and O–H groups in total. The lowest BCUT2D eigenvalue weighted by Crippen LogP contribution is -2.08. The molecule has 1 nitrogen and oxygen atoms in total. The topological polar surface area (TPSA) is 17.1 Å². The number of ketones is 1. The van der Waals surface area contributed by atoms with Gasteiger partial charge in [0.05, 0.1) is 0 Å². The van der Waals surface area contributed by atoms with E-state index in [4.69, 9.17) is 0 Å². The number of carbonyl (C=O) groups is 1. The van der Waals surface area contributed by atoms with E-state index in [2.05, 4.69) is 28.9 Å². The van der Waals surface area contributed by atoms with Crippen LogP contribution in [0.5, 0.6) is 0 Å². The van der Waals surface area contributed by atoms with Crippen molar-refractivity contribution in [1.82, 2.24) is 0 Å². The predicted octanol–water partition coefficient (Wildman–Crippen LogP) is 3.37. The molecule has 0 aliphatic heterocycles. The molecule has 0 amide bonds. The Kier molecular flexibility index (Phi) is 2.55. The summed E-state index contributed by atoms with van der Waals surface area (Å²) in [6.07, 6.45) is 3.23. The van der Waals surface area contributed by atoms with Gasteiger partial charge in [-0.1, -0.05) is 28.9 Å². The van der Waals surface area contributed by atoms with Crippen LogP contribution in [0, 0.1) is 0 Å². The molecule has 0 saturated carbocycles. The maximum Gasteiger partial charge on any atom is 0.160 e. The van der Waals surface area contributed by atoms with Crippen molar-refractivity contribution >= 4 is 27.3 Å². The van der Waals surface area contributed by atoms with Crippen molar-refractivity contribution in [3.05, 3.63) is 39.9 Å². The van der Waals surface area contributed by atoms with Crippen molar-refractivity contribution in [2.75, 3.05) is 0 Å². The Morgan fingerprint density at radius 3 is 2.93 bits per heavy atom. The van der Waals surface area contributed by atoms with Crippen LogP contribution < -0.4 is 0 Å². The van der Waals surface area contributed by atoms with Crippen LogP contribution in [0.2, 0.25) is 0 Å². The highest BCUT2D eigenvalue weighted by atomic mass is 79.9. The highest BCUT2D eigenvalue weighted by molar-refractivity contribution is 9.10. The van der Waals surface area contributed by atoms with Gasteiger partial charge in [0, 0.05) is 10.9 Å². The maximum atomic E-state index is 11.4. The molecule has 1 aliphatic rings. The number of hydrogen-bond donors (Lipinski definition) is 0. The van der Waals surface area contributed by atoms with E-state index in [-0.39, 0.29) is 5.78 Å². The summed E-state index contributed by atoms with van der Waals surface area (Å²) in [7, 11) is 0. The molecule has 0 unspecified atom stereocenters. The molecular formula is C12H11BrO. The van der Waals surface area contributed by atoms with E-state index in [1.807, 2.05) is 12.1 Å². The first-order valence-electron chi connectivity index (χ1n) is 4.73. The lowest BCUT2D eigenvalue weighted by atomic mass is 9.89. The zero-order chi connectivity index (χ0) is 10.1. The van der Waals surface area contributed by atoms with Crippen molar-refractivity contribution in [1.29, 1.82) is 0 Å². The molecule has 0 heterocycles. The predicted molar refractivity (Wildman–Crippen MR) is 61.1 cm³/mol. The van der Waals surface area contributed by atoms with Gasteiger partial charge in [0.15, 0.2) is 5.78 Å². The summed E-state index contributed by atoms with van der Waals surface area (Å²) in [6.45, 7) is 2.08. The molecule has 0 bridgehead atoms. The molecule has 0 radical (unpaired) electrons. The largest absolute Gasteiger partial charge is 0.294 e.